The fraction of sp³-hybridized carbons (Fsp3) is 0.462. The zero-order valence-electron chi connectivity index (χ0n) is 19.2. The Morgan fingerprint density at radius 3 is 2.59 bits per heavy atom. The second-order valence-corrected chi connectivity index (χ2v) is 9.69. The van der Waals surface area contributed by atoms with Gasteiger partial charge in [-0.15, -0.1) is 0 Å². The summed E-state index contributed by atoms with van der Waals surface area (Å²) in [5.74, 6) is -1.77. The van der Waals surface area contributed by atoms with Crippen LogP contribution in [0.4, 0.5) is 0 Å². The van der Waals surface area contributed by atoms with Crippen molar-refractivity contribution >= 4 is 11.6 Å². The van der Waals surface area contributed by atoms with Gasteiger partial charge in [-0.3, -0.25) is 9.59 Å². The highest BCUT2D eigenvalue weighted by Crippen LogP contribution is 2.52. The van der Waals surface area contributed by atoms with Crippen molar-refractivity contribution in [1.82, 2.24) is 0 Å². The third-order valence-electron chi connectivity index (χ3n) is 7.02. The Morgan fingerprint density at radius 2 is 1.94 bits per heavy atom. The minimum Gasteiger partial charge on any atom is -0.508 e. The third kappa shape index (κ3) is 3.47. The van der Waals surface area contributed by atoms with Crippen LogP contribution < -0.4 is 0 Å². The van der Waals surface area contributed by atoms with Gasteiger partial charge >= 0.3 is 0 Å². The molecule has 1 aliphatic heterocycles. The molecule has 0 bridgehead atoms. The Labute approximate surface area is 188 Å². The Hall–Kier alpha value is -2.86. The number of hydrogen-bond acceptors (Lipinski definition) is 6. The van der Waals surface area contributed by atoms with Gasteiger partial charge in [0.05, 0.1) is 16.7 Å². The molecule has 6 heteroatoms. The number of aromatic hydroxyl groups is 2. The fourth-order valence-electron chi connectivity index (χ4n) is 5.16. The summed E-state index contributed by atoms with van der Waals surface area (Å²) in [6.07, 6.45) is 7.07. The molecule has 1 aromatic carbocycles. The first-order valence-electron chi connectivity index (χ1n) is 11.0. The summed E-state index contributed by atoms with van der Waals surface area (Å²) in [7, 11) is 1.64. The van der Waals surface area contributed by atoms with E-state index in [-0.39, 0.29) is 34.1 Å². The number of benzene rings is 1. The van der Waals surface area contributed by atoms with Crippen molar-refractivity contribution in [3.8, 4) is 11.5 Å². The highest BCUT2D eigenvalue weighted by Gasteiger charge is 2.52. The number of carbonyl (C=O) groups excluding carboxylic acids is 2. The summed E-state index contributed by atoms with van der Waals surface area (Å²) in [5, 5.41) is 20.3. The summed E-state index contributed by atoms with van der Waals surface area (Å²) >= 11 is 0. The summed E-state index contributed by atoms with van der Waals surface area (Å²) in [6.45, 7) is 8.04. The summed E-state index contributed by atoms with van der Waals surface area (Å²) in [6, 6.07) is 2.30. The van der Waals surface area contributed by atoms with Gasteiger partial charge in [-0.25, -0.2) is 0 Å². The van der Waals surface area contributed by atoms with Crippen LogP contribution in [0.2, 0.25) is 0 Å². The van der Waals surface area contributed by atoms with Gasteiger partial charge in [-0.1, -0.05) is 11.6 Å². The van der Waals surface area contributed by atoms with Gasteiger partial charge < -0.3 is 19.7 Å². The van der Waals surface area contributed by atoms with E-state index in [1.54, 1.807) is 7.11 Å². The van der Waals surface area contributed by atoms with E-state index in [0.29, 0.717) is 6.42 Å². The SMILES string of the molecule is COC1(C)C=C2C3=C(OC(C)(CCC=C(C)C)C2CC1)C(=O)c1c(O)cc(O)cc1C3=O. The van der Waals surface area contributed by atoms with Gasteiger partial charge in [0, 0.05) is 24.7 Å². The van der Waals surface area contributed by atoms with Crippen LogP contribution in [0.25, 0.3) is 0 Å². The molecule has 2 N–H and O–H groups in total. The fourth-order valence-corrected chi connectivity index (χ4v) is 5.16. The predicted octanol–water partition coefficient (Wildman–Crippen LogP) is 5.01. The third-order valence-corrected chi connectivity index (χ3v) is 7.02. The van der Waals surface area contributed by atoms with Crippen molar-refractivity contribution in [2.75, 3.05) is 7.11 Å². The number of phenols is 2. The van der Waals surface area contributed by atoms with E-state index in [9.17, 15) is 19.8 Å². The van der Waals surface area contributed by atoms with Crippen LogP contribution in [0.1, 0.15) is 74.1 Å². The van der Waals surface area contributed by atoms with Crippen molar-refractivity contribution in [2.45, 2.75) is 64.6 Å². The molecule has 3 aliphatic rings. The van der Waals surface area contributed by atoms with E-state index in [0.717, 1.165) is 30.9 Å². The molecule has 0 saturated carbocycles. The Morgan fingerprint density at radius 1 is 1.22 bits per heavy atom. The molecule has 1 heterocycles. The number of carbonyl (C=O) groups is 2. The first-order valence-corrected chi connectivity index (χ1v) is 11.0. The van der Waals surface area contributed by atoms with Crippen LogP contribution in [0.15, 0.2) is 46.8 Å². The van der Waals surface area contributed by atoms with Gasteiger partial charge in [0.25, 0.3) is 0 Å². The van der Waals surface area contributed by atoms with Crippen LogP contribution >= 0.6 is 0 Å². The molecular formula is C26H30O6. The number of fused-ring (bicyclic) bond motifs is 3. The average molecular weight is 439 g/mol. The van der Waals surface area contributed by atoms with Crippen molar-refractivity contribution in [3.63, 3.8) is 0 Å². The number of Topliss-reactive ketones (excluding diaryl/α,β-unsaturated/α-hetero) is 2. The molecule has 0 radical (unpaired) electrons. The normalized spacial score (nSPS) is 28.9. The number of methoxy groups -OCH3 is 1. The highest BCUT2D eigenvalue weighted by atomic mass is 16.5. The molecule has 0 spiro atoms. The number of rotatable bonds is 4. The average Bonchev–Trinajstić information content (AvgIpc) is 2.71. The molecule has 0 aromatic heterocycles. The number of allylic oxidation sites excluding steroid dienone is 4. The van der Waals surface area contributed by atoms with Crippen molar-refractivity contribution < 1.29 is 29.3 Å². The molecular weight excluding hydrogens is 408 g/mol. The molecule has 170 valence electrons. The van der Waals surface area contributed by atoms with Crippen LogP contribution in [-0.4, -0.2) is 40.1 Å². The topological polar surface area (TPSA) is 93.1 Å². The second-order valence-electron chi connectivity index (χ2n) is 9.69. The van der Waals surface area contributed by atoms with Gasteiger partial charge in [0.2, 0.25) is 5.78 Å². The number of hydrogen-bond donors (Lipinski definition) is 2. The van der Waals surface area contributed by atoms with Gasteiger partial charge in [0.1, 0.15) is 17.1 Å². The molecule has 2 aliphatic carbocycles. The minimum absolute atomic E-state index is 0.00709. The minimum atomic E-state index is -0.689. The molecule has 6 nitrogen and oxygen atoms in total. The summed E-state index contributed by atoms with van der Waals surface area (Å²) in [4.78, 5) is 27.0. The molecule has 3 atom stereocenters. The standard InChI is InChI=1S/C26H30O6/c1-14(2)7-6-9-26(4)18-8-10-25(3,31-5)13-17(18)21-22(29)16-11-15(27)12-19(28)20(16)23(30)24(21)32-26/h7,11-13,18,27-28H,6,8-10H2,1-5H3. The van der Waals surface area contributed by atoms with Crippen LogP contribution in [0, 0.1) is 5.92 Å². The predicted molar refractivity (Wildman–Crippen MR) is 120 cm³/mol. The maximum atomic E-state index is 13.6. The lowest BCUT2D eigenvalue weighted by Crippen LogP contribution is -2.49. The second kappa shape index (κ2) is 7.62. The maximum Gasteiger partial charge on any atom is 0.232 e. The molecule has 32 heavy (non-hydrogen) atoms. The summed E-state index contributed by atoms with van der Waals surface area (Å²) < 4.78 is 12.1. The van der Waals surface area contributed by atoms with E-state index >= 15 is 0 Å². The van der Waals surface area contributed by atoms with Crippen molar-refractivity contribution in [1.29, 1.82) is 0 Å². The zero-order chi connectivity index (χ0) is 23.4. The van der Waals surface area contributed by atoms with Crippen molar-refractivity contribution in [2.24, 2.45) is 5.92 Å². The van der Waals surface area contributed by atoms with Gasteiger partial charge in [-0.2, -0.15) is 0 Å². The molecule has 4 rings (SSSR count). The number of ether oxygens (including phenoxy) is 2. The van der Waals surface area contributed by atoms with E-state index < -0.39 is 28.5 Å². The Bertz CT molecular complexity index is 1100. The van der Waals surface area contributed by atoms with Crippen LogP contribution in [0.5, 0.6) is 11.5 Å². The van der Waals surface area contributed by atoms with E-state index in [4.69, 9.17) is 9.47 Å². The first-order chi connectivity index (χ1) is 15.0. The van der Waals surface area contributed by atoms with E-state index in [1.165, 1.54) is 11.6 Å². The van der Waals surface area contributed by atoms with E-state index in [2.05, 4.69) is 6.08 Å². The largest absolute Gasteiger partial charge is 0.508 e. The summed E-state index contributed by atoms with van der Waals surface area (Å²) in [5.41, 5.74) is 0.805. The van der Waals surface area contributed by atoms with Crippen LogP contribution in [0.3, 0.4) is 0 Å². The molecule has 3 unspecified atom stereocenters. The van der Waals surface area contributed by atoms with Crippen LogP contribution in [-0.2, 0) is 9.47 Å². The van der Waals surface area contributed by atoms with Gasteiger partial charge in [0.15, 0.2) is 11.5 Å². The Balaban J connectivity index is 1.91. The first kappa shape index (κ1) is 22.3. The molecule has 0 fully saturated rings. The smallest absolute Gasteiger partial charge is 0.232 e. The Kier molecular flexibility index (Phi) is 5.32. The molecule has 1 aromatic rings. The van der Waals surface area contributed by atoms with Gasteiger partial charge in [-0.05, 0) is 71.1 Å². The van der Waals surface area contributed by atoms with Crippen molar-refractivity contribution in [3.05, 3.63) is 57.9 Å². The lowest BCUT2D eigenvalue weighted by molar-refractivity contribution is -0.0538. The number of ketones is 2. The highest BCUT2D eigenvalue weighted by molar-refractivity contribution is 6.29. The van der Waals surface area contributed by atoms with E-state index in [1.807, 2.05) is 33.8 Å². The molecule has 0 amide bonds. The maximum absolute atomic E-state index is 13.6. The molecule has 0 saturated heterocycles. The lowest BCUT2D eigenvalue weighted by Gasteiger charge is -2.49. The quantitative estimate of drug-likeness (QED) is 0.642. The number of phenolic OH excluding ortho intramolecular Hbond substituents is 2. The monoisotopic (exact) mass is 438 g/mol. The zero-order valence-corrected chi connectivity index (χ0v) is 19.2. The lowest BCUT2D eigenvalue weighted by atomic mass is 9.65.